The van der Waals surface area contributed by atoms with Crippen molar-refractivity contribution in [3.05, 3.63) is 65.5 Å². The number of likely N-dealkylation sites (tertiary alicyclic amines) is 1. The fourth-order valence-corrected chi connectivity index (χ4v) is 3.37. The molecule has 1 saturated heterocycles. The molecule has 1 aliphatic heterocycles. The van der Waals surface area contributed by atoms with Gasteiger partial charge in [-0.25, -0.2) is 4.39 Å². The van der Waals surface area contributed by atoms with Crippen LogP contribution in [0.2, 0.25) is 0 Å². The summed E-state index contributed by atoms with van der Waals surface area (Å²) in [6.45, 7) is 4.84. The van der Waals surface area contributed by atoms with Crippen LogP contribution >= 0.6 is 0 Å². The van der Waals surface area contributed by atoms with Crippen LogP contribution in [0.15, 0.2) is 48.5 Å². The summed E-state index contributed by atoms with van der Waals surface area (Å²) in [7, 11) is 2.15. The van der Waals surface area contributed by atoms with Crippen LogP contribution in [0, 0.1) is 18.7 Å². The number of rotatable bonds is 4. The largest absolute Gasteiger partial charge is 0.493 e. The predicted molar refractivity (Wildman–Crippen MR) is 91.4 cm³/mol. The fourth-order valence-electron chi connectivity index (χ4n) is 3.37. The summed E-state index contributed by atoms with van der Waals surface area (Å²) in [4.78, 5) is 2.35. The van der Waals surface area contributed by atoms with Crippen molar-refractivity contribution in [2.75, 3.05) is 26.7 Å². The predicted octanol–water partition coefficient (Wildman–Crippen LogP) is 4.25. The maximum Gasteiger partial charge on any atom is 0.123 e. The van der Waals surface area contributed by atoms with E-state index in [1.54, 1.807) is 12.1 Å². The van der Waals surface area contributed by atoms with E-state index in [0.29, 0.717) is 18.4 Å². The zero-order chi connectivity index (χ0) is 16.2. The highest BCUT2D eigenvalue weighted by Gasteiger charge is 2.29. The standard InChI is InChI=1S/C20H24FNO/c1-15-3-9-19(10-4-15)23-14-17-13-22(2)12-11-20(17)16-5-7-18(21)8-6-16/h3-10,17,20H,11-14H2,1-2H3/t17-,20-/m1/s1. The topological polar surface area (TPSA) is 12.5 Å². The molecule has 0 aromatic heterocycles. The Morgan fingerprint density at radius 3 is 2.48 bits per heavy atom. The molecule has 3 heteroatoms. The van der Waals surface area contributed by atoms with Gasteiger partial charge in [0.2, 0.25) is 0 Å². The Bertz CT molecular complexity index is 623. The molecule has 1 heterocycles. The first kappa shape index (κ1) is 16.0. The number of hydrogen-bond acceptors (Lipinski definition) is 2. The Morgan fingerprint density at radius 1 is 1.09 bits per heavy atom. The lowest BCUT2D eigenvalue weighted by Gasteiger charge is -2.37. The molecule has 0 aliphatic carbocycles. The quantitative estimate of drug-likeness (QED) is 0.837. The zero-order valence-corrected chi connectivity index (χ0v) is 13.8. The van der Waals surface area contributed by atoms with Gasteiger partial charge in [0.1, 0.15) is 11.6 Å². The Hall–Kier alpha value is -1.87. The van der Waals surface area contributed by atoms with E-state index in [1.807, 2.05) is 24.3 Å². The van der Waals surface area contributed by atoms with E-state index < -0.39 is 0 Å². The smallest absolute Gasteiger partial charge is 0.123 e. The summed E-state index contributed by atoms with van der Waals surface area (Å²) in [6, 6.07) is 15.1. The van der Waals surface area contributed by atoms with Crippen molar-refractivity contribution in [2.45, 2.75) is 19.3 Å². The van der Waals surface area contributed by atoms with Gasteiger partial charge < -0.3 is 9.64 Å². The molecule has 2 aromatic rings. The molecule has 3 rings (SSSR count). The van der Waals surface area contributed by atoms with Crippen molar-refractivity contribution in [1.82, 2.24) is 4.90 Å². The Kier molecular flexibility index (Phi) is 4.97. The van der Waals surface area contributed by atoms with Gasteiger partial charge in [0, 0.05) is 12.5 Å². The van der Waals surface area contributed by atoms with Crippen LogP contribution in [0.5, 0.6) is 5.75 Å². The highest BCUT2D eigenvalue weighted by Crippen LogP contribution is 2.33. The van der Waals surface area contributed by atoms with Crippen molar-refractivity contribution in [1.29, 1.82) is 0 Å². The molecule has 0 saturated carbocycles. The molecule has 0 bridgehead atoms. The monoisotopic (exact) mass is 313 g/mol. The minimum atomic E-state index is -0.172. The van der Waals surface area contributed by atoms with Crippen LogP contribution in [-0.4, -0.2) is 31.6 Å². The van der Waals surface area contributed by atoms with Gasteiger partial charge in [-0.15, -0.1) is 0 Å². The number of aryl methyl sites for hydroxylation is 1. The highest BCUT2D eigenvalue weighted by molar-refractivity contribution is 5.26. The van der Waals surface area contributed by atoms with Gasteiger partial charge in [0.15, 0.2) is 0 Å². The van der Waals surface area contributed by atoms with E-state index in [9.17, 15) is 4.39 Å². The maximum atomic E-state index is 13.2. The molecular formula is C20H24FNO. The molecule has 0 spiro atoms. The number of hydrogen-bond donors (Lipinski definition) is 0. The van der Waals surface area contributed by atoms with Crippen molar-refractivity contribution in [2.24, 2.45) is 5.92 Å². The van der Waals surface area contributed by atoms with E-state index in [-0.39, 0.29) is 5.82 Å². The fraction of sp³-hybridized carbons (Fsp3) is 0.400. The molecule has 2 nitrogen and oxygen atoms in total. The van der Waals surface area contributed by atoms with E-state index in [2.05, 4.69) is 31.0 Å². The van der Waals surface area contributed by atoms with E-state index in [1.165, 1.54) is 11.1 Å². The molecule has 0 unspecified atom stereocenters. The van der Waals surface area contributed by atoms with E-state index in [0.717, 1.165) is 25.3 Å². The molecule has 0 radical (unpaired) electrons. The van der Waals surface area contributed by atoms with Crippen LogP contribution in [0.4, 0.5) is 4.39 Å². The molecule has 1 fully saturated rings. The average Bonchev–Trinajstić information content (AvgIpc) is 2.55. The molecule has 0 N–H and O–H groups in total. The van der Waals surface area contributed by atoms with Gasteiger partial charge in [-0.2, -0.15) is 0 Å². The summed E-state index contributed by atoms with van der Waals surface area (Å²) < 4.78 is 19.2. The van der Waals surface area contributed by atoms with Crippen molar-refractivity contribution in [3.8, 4) is 5.75 Å². The number of ether oxygens (including phenoxy) is 1. The minimum absolute atomic E-state index is 0.172. The van der Waals surface area contributed by atoms with E-state index >= 15 is 0 Å². The third-order valence-electron chi connectivity index (χ3n) is 4.72. The summed E-state index contributed by atoms with van der Waals surface area (Å²) in [5.74, 6) is 1.59. The lowest BCUT2D eigenvalue weighted by molar-refractivity contribution is 0.129. The number of halogens is 1. The number of nitrogens with zero attached hydrogens (tertiary/aromatic N) is 1. The Morgan fingerprint density at radius 2 is 1.78 bits per heavy atom. The van der Waals surface area contributed by atoms with Crippen LogP contribution in [0.3, 0.4) is 0 Å². The Labute approximate surface area is 137 Å². The second kappa shape index (κ2) is 7.14. The van der Waals surface area contributed by atoms with Crippen LogP contribution in [0.25, 0.3) is 0 Å². The van der Waals surface area contributed by atoms with Gasteiger partial charge in [0.25, 0.3) is 0 Å². The lowest BCUT2D eigenvalue weighted by Crippen LogP contribution is -2.39. The van der Waals surface area contributed by atoms with E-state index in [4.69, 9.17) is 4.74 Å². The number of piperidine rings is 1. The third-order valence-corrected chi connectivity index (χ3v) is 4.72. The maximum absolute atomic E-state index is 13.2. The summed E-state index contributed by atoms with van der Waals surface area (Å²) in [5, 5.41) is 0. The molecule has 2 aromatic carbocycles. The van der Waals surface area contributed by atoms with Gasteiger partial charge in [0.05, 0.1) is 6.61 Å². The number of benzene rings is 2. The second-order valence-corrected chi connectivity index (χ2v) is 6.59. The Balaban J connectivity index is 1.70. The van der Waals surface area contributed by atoms with Crippen LogP contribution in [-0.2, 0) is 0 Å². The highest BCUT2D eigenvalue weighted by atomic mass is 19.1. The summed E-state index contributed by atoms with van der Waals surface area (Å²) in [6.07, 6.45) is 1.09. The minimum Gasteiger partial charge on any atom is -0.493 e. The molecule has 1 aliphatic rings. The molecular weight excluding hydrogens is 289 g/mol. The zero-order valence-electron chi connectivity index (χ0n) is 13.8. The first-order chi connectivity index (χ1) is 11.1. The molecule has 122 valence electrons. The average molecular weight is 313 g/mol. The molecule has 23 heavy (non-hydrogen) atoms. The second-order valence-electron chi connectivity index (χ2n) is 6.59. The lowest BCUT2D eigenvalue weighted by atomic mass is 9.81. The van der Waals surface area contributed by atoms with Crippen molar-refractivity contribution in [3.63, 3.8) is 0 Å². The van der Waals surface area contributed by atoms with Gasteiger partial charge in [-0.05, 0) is 62.7 Å². The van der Waals surface area contributed by atoms with Gasteiger partial charge >= 0.3 is 0 Å². The normalized spacial score (nSPS) is 22.0. The van der Waals surface area contributed by atoms with Gasteiger partial charge in [-0.1, -0.05) is 29.8 Å². The van der Waals surface area contributed by atoms with Crippen molar-refractivity contribution < 1.29 is 9.13 Å². The third kappa shape index (κ3) is 4.11. The van der Waals surface area contributed by atoms with Crippen molar-refractivity contribution >= 4 is 0 Å². The van der Waals surface area contributed by atoms with Crippen LogP contribution < -0.4 is 4.74 Å². The van der Waals surface area contributed by atoms with Gasteiger partial charge in [-0.3, -0.25) is 0 Å². The molecule has 2 atom stereocenters. The summed E-state index contributed by atoms with van der Waals surface area (Å²) >= 11 is 0. The molecule has 0 amide bonds. The van der Waals surface area contributed by atoms with Crippen LogP contribution in [0.1, 0.15) is 23.5 Å². The SMILES string of the molecule is Cc1ccc(OC[C@H]2CN(C)CC[C@@H]2c2ccc(F)cc2)cc1. The first-order valence-electron chi connectivity index (χ1n) is 8.25. The summed E-state index contributed by atoms with van der Waals surface area (Å²) in [5.41, 5.74) is 2.45. The first-order valence-corrected chi connectivity index (χ1v) is 8.25.